The molecule has 0 N–H and O–H groups in total. The number of aliphatic imine (C=N–C) groups is 1. The van der Waals surface area contributed by atoms with Crippen molar-refractivity contribution in [3.63, 3.8) is 0 Å². The minimum atomic E-state index is -3.69. The van der Waals surface area contributed by atoms with Gasteiger partial charge in [-0.15, -0.1) is 0 Å². The van der Waals surface area contributed by atoms with Crippen molar-refractivity contribution in [2.24, 2.45) is 10.9 Å². The number of hydrogen-bond donors (Lipinski definition) is 0. The van der Waals surface area contributed by atoms with Crippen LogP contribution in [0.25, 0.3) is 0 Å². The Morgan fingerprint density at radius 1 is 1.03 bits per heavy atom. The van der Waals surface area contributed by atoms with Crippen LogP contribution in [0.4, 0.5) is 5.69 Å². The number of nitrogens with zero attached hydrogens (tertiary/aromatic N) is 3. The highest BCUT2D eigenvalue weighted by Gasteiger charge is 2.36. The lowest BCUT2D eigenvalue weighted by Gasteiger charge is -2.35. The highest BCUT2D eigenvalue weighted by Crippen LogP contribution is 2.35. The van der Waals surface area contributed by atoms with E-state index in [0.717, 1.165) is 28.6 Å². The minimum Gasteiger partial charge on any atom is -0.486 e. The molecule has 3 aliphatic heterocycles. The average Bonchev–Trinajstić information content (AvgIpc) is 2.93. The molecule has 0 radical (unpaired) electrons. The molecule has 0 aliphatic carbocycles. The van der Waals surface area contributed by atoms with Crippen LogP contribution in [0.2, 0.25) is 0 Å². The van der Waals surface area contributed by atoms with E-state index in [1.54, 1.807) is 23.9 Å². The van der Waals surface area contributed by atoms with Gasteiger partial charge in [0.25, 0.3) is 0 Å². The van der Waals surface area contributed by atoms with Crippen LogP contribution >= 0.6 is 11.8 Å². The number of hydrogen-bond acceptors (Lipinski definition) is 7. The van der Waals surface area contributed by atoms with Crippen molar-refractivity contribution >= 4 is 38.5 Å². The first-order valence-electron chi connectivity index (χ1n) is 12.9. The molecule has 0 unspecified atom stereocenters. The standard InChI is InChI=1S/C27H33N3O5S2/c1-19(2)22-6-3-4-7-23(22)28-27-30(12-5-17-36-27)26(31)20-10-13-29(14-11-20)37(32,33)21-8-9-24-25(18-21)35-16-15-34-24/h3-4,6-9,18-20H,5,10-17H2,1-2H3. The average molecular weight is 544 g/mol. The van der Waals surface area contributed by atoms with Gasteiger partial charge in [0.15, 0.2) is 16.7 Å². The second kappa shape index (κ2) is 11.0. The number of para-hydroxylation sites is 1. The van der Waals surface area contributed by atoms with E-state index < -0.39 is 10.0 Å². The van der Waals surface area contributed by atoms with E-state index in [0.29, 0.717) is 63.1 Å². The van der Waals surface area contributed by atoms with Crippen LogP contribution in [-0.2, 0) is 14.8 Å². The van der Waals surface area contributed by atoms with E-state index >= 15 is 0 Å². The molecular weight excluding hydrogens is 510 g/mol. The zero-order valence-electron chi connectivity index (χ0n) is 21.3. The number of benzene rings is 2. The number of amidine groups is 1. The summed E-state index contributed by atoms with van der Waals surface area (Å²) in [4.78, 5) is 20.5. The van der Waals surface area contributed by atoms with Crippen molar-refractivity contribution in [3.05, 3.63) is 48.0 Å². The molecule has 10 heteroatoms. The van der Waals surface area contributed by atoms with E-state index in [1.807, 2.05) is 23.1 Å². The predicted molar refractivity (Wildman–Crippen MR) is 145 cm³/mol. The summed E-state index contributed by atoms with van der Waals surface area (Å²) in [5.74, 6) is 2.09. The van der Waals surface area contributed by atoms with Crippen molar-refractivity contribution in [3.8, 4) is 11.5 Å². The fourth-order valence-electron chi connectivity index (χ4n) is 4.93. The third-order valence-electron chi connectivity index (χ3n) is 6.98. The molecule has 0 spiro atoms. The molecule has 3 heterocycles. The Bertz CT molecular complexity index is 1290. The van der Waals surface area contributed by atoms with Gasteiger partial charge < -0.3 is 9.47 Å². The van der Waals surface area contributed by atoms with Crippen molar-refractivity contribution in [2.45, 2.75) is 43.9 Å². The Kier molecular flexibility index (Phi) is 7.78. The molecule has 0 bridgehead atoms. The maximum absolute atomic E-state index is 13.6. The molecule has 3 aliphatic rings. The summed E-state index contributed by atoms with van der Waals surface area (Å²) in [6.07, 6.45) is 1.89. The number of thioether (sulfide) groups is 1. The number of carbonyl (C=O) groups excluding carboxylic acids is 1. The van der Waals surface area contributed by atoms with Gasteiger partial charge in [0.1, 0.15) is 13.2 Å². The van der Waals surface area contributed by atoms with E-state index in [-0.39, 0.29) is 16.7 Å². The molecule has 2 fully saturated rings. The zero-order valence-corrected chi connectivity index (χ0v) is 22.9. The van der Waals surface area contributed by atoms with Gasteiger partial charge in [-0.1, -0.05) is 43.8 Å². The number of rotatable bonds is 5. The Balaban J connectivity index is 1.28. The lowest BCUT2D eigenvalue weighted by molar-refractivity contribution is -0.132. The van der Waals surface area contributed by atoms with Crippen molar-refractivity contribution in [1.82, 2.24) is 9.21 Å². The minimum absolute atomic E-state index is 0.0457. The van der Waals surface area contributed by atoms with Gasteiger partial charge in [0, 0.05) is 37.4 Å². The summed E-state index contributed by atoms with van der Waals surface area (Å²) >= 11 is 1.62. The van der Waals surface area contributed by atoms with Gasteiger partial charge in [0.2, 0.25) is 15.9 Å². The number of piperidine rings is 1. The highest BCUT2D eigenvalue weighted by atomic mass is 32.2. The van der Waals surface area contributed by atoms with Gasteiger partial charge in [0.05, 0.1) is 10.6 Å². The Hall–Kier alpha value is -2.56. The third-order valence-corrected chi connectivity index (χ3v) is 9.94. The molecule has 2 aromatic rings. The first-order valence-corrected chi connectivity index (χ1v) is 15.3. The summed E-state index contributed by atoms with van der Waals surface area (Å²) in [6, 6.07) is 12.8. The molecule has 1 amide bonds. The molecule has 198 valence electrons. The van der Waals surface area contributed by atoms with Crippen LogP contribution in [0, 0.1) is 5.92 Å². The maximum atomic E-state index is 13.6. The number of ether oxygens (including phenoxy) is 2. The lowest BCUT2D eigenvalue weighted by Crippen LogP contribution is -2.47. The van der Waals surface area contributed by atoms with E-state index in [2.05, 4.69) is 19.9 Å². The summed E-state index contributed by atoms with van der Waals surface area (Å²) in [5.41, 5.74) is 2.06. The van der Waals surface area contributed by atoms with E-state index in [1.165, 1.54) is 10.4 Å². The van der Waals surface area contributed by atoms with E-state index in [9.17, 15) is 13.2 Å². The summed E-state index contributed by atoms with van der Waals surface area (Å²) in [7, 11) is -3.69. The second-order valence-electron chi connectivity index (χ2n) is 9.78. The molecule has 5 rings (SSSR count). The molecule has 2 aromatic carbocycles. The fraction of sp³-hybridized carbons (Fsp3) is 0.481. The first kappa shape index (κ1) is 26.1. The van der Waals surface area contributed by atoms with Gasteiger partial charge in [-0.05, 0) is 48.9 Å². The van der Waals surface area contributed by atoms with Crippen molar-refractivity contribution in [1.29, 1.82) is 0 Å². The van der Waals surface area contributed by atoms with Crippen LogP contribution in [0.5, 0.6) is 11.5 Å². The number of carbonyl (C=O) groups is 1. The smallest absolute Gasteiger partial charge is 0.243 e. The predicted octanol–water partition coefficient (Wildman–Crippen LogP) is 4.64. The molecule has 0 atom stereocenters. The highest BCUT2D eigenvalue weighted by molar-refractivity contribution is 8.13. The van der Waals surface area contributed by atoms with Gasteiger partial charge in [-0.25, -0.2) is 13.4 Å². The van der Waals surface area contributed by atoms with Crippen molar-refractivity contribution < 1.29 is 22.7 Å². The van der Waals surface area contributed by atoms with Gasteiger partial charge in [-0.3, -0.25) is 9.69 Å². The number of sulfonamides is 1. The van der Waals surface area contributed by atoms with Crippen LogP contribution in [0.3, 0.4) is 0 Å². The SMILES string of the molecule is CC(C)c1ccccc1N=C1SCCCN1C(=O)C1CCN(S(=O)(=O)c2ccc3c(c2)OCCO3)CC1. The second-order valence-corrected chi connectivity index (χ2v) is 12.8. The summed E-state index contributed by atoms with van der Waals surface area (Å²) in [5, 5.41) is 0.746. The lowest BCUT2D eigenvalue weighted by atomic mass is 9.96. The van der Waals surface area contributed by atoms with Crippen LogP contribution in [0.1, 0.15) is 44.6 Å². The van der Waals surface area contributed by atoms with Crippen LogP contribution in [0.15, 0.2) is 52.4 Å². The Morgan fingerprint density at radius 3 is 2.51 bits per heavy atom. The van der Waals surface area contributed by atoms with Gasteiger partial charge >= 0.3 is 0 Å². The largest absolute Gasteiger partial charge is 0.486 e. The quantitative estimate of drug-likeness (QED) is 0.546. The summed E-state index contributed by atoms with van der Waals surface area (Å²) in [6.45, 7) is 6.38. The third kappa shape index (κ3) is 5.51. The maximum Gasteiger partial charge on any atom is 0.243 e. The zero-order chi connectivity index (χ0) is 26.0. The summed E-state index contributed by atoms with van der Waals surface area (Å²) < 4.78 is 39.2. The molecule has 2 saturated heterocycles. The van der Waals surface area contributed by atoms with E-state index in [4.69, 9.17) is 14.5 Å². The normalized spacial score (nSPS) is 20.4. The molecule has 0 saturated carbocycles. The Morgan fingerprint density at radius 2 is 1.76 bits per heavy atom. The van der Waals surface area contributed by atoms with Crippen molar-refractivity contribution in [2.75, 3.05) is 38.6 Å². The first-order chi connectivity index (χ1) is 17.8. The van der Waals surface area contributed by atoms with Crippen LogP contribution < -0.4 is 9.47 Å². The van der Waals surface area contributed by atoms with Crippen LogP contribution in [-0.4, -0.2) is 67.3 Å². The molecule has 8 nitrogen and oxygen atoms in total. The number of amides is 1. The topological polar surface area (TPSA) is 88.5 Å². The number of fused-ring (bicyclic) bond motifs is 1. The fourth-order valence-corrected chi connectivity index (χ4v) is 7.38. The molecule has 0 aromatic heterocycles. The molecule has 37 heavy (non-hydrogen) atoms. The monoisotopic (exact) mass is 543 g/mol. The van der Waals surface area contributed by atoms with Gasteiger partial charge in [-0.2, -0.15) is 4.31 Å². The Labute approximate surface area is 223 Å². The molecular formula is C27H33N3O5S2.